The Morgan fingerprint density at radius 1 is 1.50 bits per heavy atom. The SMILES string of the molecule is C[N-]C1CCCS(=O)(=O)C1. The van der Waals surface area contributed by atoms with Crippen LogP contribution in [0.2, 0.25) is 0 Å². The summed E-state index contributed by atoms with van der Waals surface area (Å²) in [5, 5.41) is 3.96. The minimum atomic E-state index is -2.74. The van der Waals surface area contributed by atoms with Gasteiger partial charge in [-0.25, -0.2) is 8.42 Å². The molecule has 1 heterocycles. The number of hydrogen-bond acceptors (Lipinski definition) is 2. The molecule has 1 atom stereocenters. The topological polar surface area (TPSA) is 48.2 Å². The van der Waals surface area contributed by atoms with E-state index < -0.39 is 9.84 Å². The van der Waals surface area contributed by atoms with Crippen LogP contribution in [0.25, 0.3) is 5.32 Å². The summed E-state index contributed by atoms with van der Waals surface area (Å²) in [6.07, 6.45) is 1.72. The van der Waals surface area contributed by atoms with E-state index in [1.165, 1.54) is 0 Å². The molecule has 0 aromatic rings. The largest absolute Gasteiger partial charge is 0.661 e. The van der Waals surface area contributed by atoms with Gasteiger partial charge in [0.05, 0.1) is 5.75 Å². The summed E-state index contributed by atoms with van der Waals surface area (Å²) in [4.78, 5) is 0. The molecule has 1 aliphatic heterocycles. The molecule has 1 aliphatic rings. The summed E-state index contributed by atoms with van der Waals surface area (Å²) in [6.45, 7) is 0. The normalized spacial score (nSPS) is 31.9. The first-order chi connectivity index (χ1) is 4.64. The van der Waals surface area contributed by atoms with Gasteiger partial charge in [-0.3, -0.25) is 0 Å². The zero-order valence-electron chi connectivity index (χ0n) is 6.08. The maximum atomic E-state index is 11.0. The Bertz CT molecular complexity index is 198. The highest BCUT2D eigenvalue weighted by Gasteiger charge is 2.18. The summed E-state index contributed by atoms with van der Waals surface area (Å²) in [5.74, 6) is 0.628. The Labute approximate surface area is 61.7 Å². The van der Waals surface area contributed by atoms with E-state index in [-0.39, 0.29) is 11.8 Å². The molecule has 0 aliphatic carbocycles. The van der Waals surface area contributed by atoms with Crippen LogP contribution < -0.4 is 0 Å². The summed E-state index contributed by atoms with van der Waals surface area (Å²) < 4.78 is 21.9. The number of nitrogens with zero attached hydrogens (tertiary/aromatic N) is 1. The van der Waals surface area contributed by atoms with Crippen LogP contribution >= 0.6 is 0 Å². The molecule has 1 saturated heterocycles. The molecule has 1 rings (SSSR count). The Morgan fingerprint density at radius 3 is 2.60 bits per heavy atom. The predicted octanol–water partition coefficient (Wildman–Crippen LogP) is 0.567. The van der Waals surface area contributed by atoms with E-state index in [9.17, 15) is 8.42 Å². The van der Waals surface area contributed by atoms with Gasteiger partial charge in [-0.2, -0.15) is 7.05 Å². The monoisotopic (exact) mass is 162 g/mol. The van der Waals surface area contributed by atoms with Crippen molar-refractivity contribution < 1.29 is 8.42 Å². The lowest BCUT2D eigenvalue weighted by molar-refractivity contribution is 0.565. The fourth-order valence-electron chi connectivity index (χ4n) is 1.20. The predicted molar refractivity (Wildman–Crippen MR) is 41.0 cm³/mol. The van der Waals surface area contributed by atoms with E-state index in [2.05, 4.69) is 5.32 Å². The average molecular weight is 162 g/mol. The van der Waals surface area contributed by atoms with E-state index >= 15 is 0 Å². The van der Waals surface area contributed by atoms with Crippen LogP contribution in [-0.4, -0.2) is 33.0 Å². The van der Waals surface area contributed by atoms with Crippen molar-refractivity contribution in [2.45, 2.75) is 18.9 Å². The van der Waals surface area contributed by atoms with Crippen LogP contribution in [0.5, 0.6) is 0 Å². The zero-order chi connectivity index (χ0) is 7.61. The molecule has 1 unspecified atom stereocenters. The average Bonchev–Trinajstić information content (AvgIpc) is 1.86. The second-order valence-corrected chi connectivity index (χ2v) is 4.90. The van der Waals surface area contributed by atoms with E-state index in [0.717, 1.165) is 12.8 Å². The highest BCUT2D eigenvalue weighted by Crippen LogP contribution is 2.16. The Kier molecular flexibility index (Phi) is 2.31. The van der Waals surface area contributed by atoms with Gasteiger partial charge in [0.25, 0.3) is 0 Å². The fraction of sp³-hybridized carbons (Fsp3) is 1.00. The second kappa shape index (κ2) is 2.88. The van der Waals surface area contributed by atoms with Crippen LogP contribution in [0.4, 0.5) is 0 Å². The molecular formula is C6H12NO2S-. The minimum Gasteiger partial charge on any atom is -0.661 e. The van der Waals surface area contributed by atoms with Crippen LogP contribution in [0.15, 0.2) is 0 Å². The first kappa shape index (κ1) is 8.01. The Hall–Kier alpha value is -0.0900. The molecule has 3 nitrogen and oxygen atoms in total. The van der Waals surface area contributed by atoms with Crippen molar-refractivity contribution in [3.63, 3.8) is 0 Å². The Balaban J connectivity index is 2.56. The lowest BCUT2D eigenvalue weighted by atomic mass is 10.2. The molecule has 60 valence electrons. The third-order valence-corrected chi connectivity index (χ3v) is 3.61. The molecule has 0 saturated carbocycles. The highest BCUT2D eigenvalue weighted by atomic mass is 32.2. The summed E-state index contributed by atoms with van der Waals surface area (Å²) >= 11 is 0. The molecule has 0 spiro atoms. The quantitative estimate of drug-likeness (QED) is 0.566. The summed E-state index contributed by atoms with van der Waals surface area (Å²) in [6, 6.07) is 0.0683. The van der Waals surface area contributed by atoms with Gasteiger partial charge in [-0.1, -0.05) is 6.42 Å². The van der Waals surface area contributed by atoms with E-state index in [1.54, 1.807) is 7.05 Å². The van der Waals surface area contributed by atoms with Crippen LogP contribution in [0.1, 0.15) is 12.8 Å². The first-order valence-electron chi connectivity index (χ1n) is 3.43. The third kappa shape index (κ3) is 1.95. The number of hydrogen-bond donors (Lipinski definition) is 0. The van der Waals surface area contributed by atoms with Crippen LogP contribution in [-0.2, 0) is 9.84 Å². The van der Waals surface area contributed by atoms with Crippen LogP contribution in [0.3, 0.4) is 0 Å². The molecular weight excluding hydrogens is 150 g/mol. The fourth-order valence-corrected chi connectivity index (χ4v) is 2.88. The molecule has 0 radical (unpaired) electrons. The molecule has 0 bridgehead atoms. The number of sulfone groups is 1. The van der Waals surface area contributed by atoms with Crippen molar-refractivity contribution >= 4 is 9.84 Å². The van der Waals surface area contributed by atoms with Crippen molar-refractivity contribution in [2.75, 3.05) is 18.6 Å². The van der Waals surface area contributed by atoms with Crippen molar-refractivity contribution in [1.82, 2.24) is 0 Å². The van der Waals surface area contributed by atoms with Gasteiger partial charge in [0.2, 0.25) is 0 Å². The highest BCUT2D eigenvalue weighted by molar-refractivity contribution is 7.91. The van der Waals surface area contributed by atoms with Gasteiger partial charge in [0.15, 0.2) is 0 Å². The molecule has 4 heteroatoms. The van der Waals surface area contributed by atoms with Gasteiger partial charge in [-0.15, -0.1) is 6.04 Å². The molecule has 0 N–H and O–H groups in total. The van der Waals surface area contributed by atoms with Crippen molar-refractivity contribution in [3.05, 3.63) is 5.32 Å². The van der Waals surface area contributed by atoms with Gasteiger partial charge < -0.3 is 5.32 Å². The standard InChI is InChI=1S/C6H12NO2S/c1-7-6-3-2-4-10(8,9)5-6/h6H,2-5H2,1H3/q-1. The molecule has 10 heavy (non-hydrogen) atoms. The van der Waals surface area contributed by atoms with Gasteiger partial charge in [-0.05, 0) is 6.42 Å². The van der Waals surface area contributed by atoms with Crippen molar-refractivity contribution in [3.8, 4) is 0 Å². The van der Waals surface area contributed by atoms with E-state index in [1.807, 2.05) is 0 Å². The van der Waals surface area contributed by atoms with Crippen molar-refractivity contribution in [2.24, 2.45) is 0 Å². The minimum absolute atomic E-state index is 0.0683. The maximum Gasteiger partial charge on any atom is 0.148 e. The third-order valence-electron chi connectivity index (χ3n) is 1.80. The second-order valence-electron chi connectivity index (χ2n) is 2.67. The van der Waals surface area contributed by atoms with Gasteiger partial charge in [0, 0.05) is 5.75 Å². The summed E-state index contributed by atoms with van der Waals surface area (Å²) in [5.41, 5.74) is 0. The van der Waals surface area contributed by atoms with Crippen molar-refractivity contribution in [1.29, 1.82) is 0 Å². The Morgan fingerprint density at radius 2 is 2.20 bits per heavy atom. The lowest BCUT2D eigenvalue weighted by Gasteiger charge is -2.31. The molecule has 0 amide bonds. The lowest BCUT2D eigenvalue weighted by Crippen LogP contribution is -2.28. The van der Waals surface area contributed by atoms with Crippen LogP contribution in [0, 0.1) is 0 Å². The molecule has 0 aromatic heterocycles. The maximum absolute atomic E-state index is 11.0. The van der Waals surface area contributed by atoms with E-state index in [4.69, 9.17) is 0 Å². The van der Waals surface area contributed by atoms with Gasteiger partial charge in [0.1, 0.15) is 9.84 Å². The first-order valence-corrected chi connectivity index (χ1v) is 5.25. The van der Waals surface area contributed by atoms with Gasteiger partial charge >= 0.3 is 0 Å². The molecule has 0 aromatic carbocycles. The summed E-state index contributed by atoms with van der Waals surface area (Å²) in [7, 11) is -1.05. The van der Waals surface area contributed by atoms with E-state index in [0.29, 0.717) is 5.75 Å². The molecule has 1 fully saturated rings. The zero-order valence-corrected chi connectivity index (χ0v) is 6.89. The number of rotatable bonds is 1. The smallest absolute Gasteiger partial charge is 0.148 e.